The number of nitrogens with zero attached hydrogens (tertiary/aromatic N) is 1. The van der Waals surface area contributed by atoms with Crippen LogP contribution in [0.15, 0.2) is 0 Å². The Hall–Kier alpha value is 0.700. The summed E-state index contributed by atoms with van der Waals surface area (Å²) < 4.78 is 0. The Balaban J connectivity index is 2.34. The summed E-state index contributed by atoms with van der Waals surface area (Å²) in [6.45, 7) is 6.70. The topological polar surface area (TPSA) is 15.3 Å². The van der Waals surface area contributed by atoms with E-state index in [4.69, 9.17) is 0 Å². The molecule has 0 aromatic rings. The fraction of sp³-hybridized carbons (Fsp3) is 1.00. The van der Waals surface area contributed by atoms with E-state index in [0.29, 0.717) is 11.3 Å². The van der Waals surface area contributed by atoms with Crippen LogP contribution < -0.4 is 5.32 Å². The van der Waals surface area contributed by atoms with E-state index in [2.05, 4.69) is 33.3 Å². The lowest BCUT2D eigenvalue weighted by molar-refractivity contribution is 0.259. The molecule has 66 valence electrons. The van der Waals surface area contributed by atoms with Gasteiger partial charge in [-0.2, -0.15) is 0 Å². The van der Waals surface area contributed by atoms with Gasteiger partial charge in [0, 0.05) is 11.5 Å². The number of rotatable bonds is 3. The molecule has 11 heavy (non-hydrogen) atoms. The molecule has 0 aliphatic carbocycles. The standard InChI is InChI=1S/C7H17N2PS/c1-3-9(4-2)7-8-6(10)5-11-7/h6-8H,3-5,10H2,1-2H3. The number of nitrogens with one attached hydrogen (secondary N) is 1. The van der Waals surface area contributed by atoms with Gasteiger partial charge >= 0.3 is 0 Å². The second-order valence-corrected chi connectivity index (χ2v) is 4.60. The van der Waals surface area contributed by atoms with Gasteiger partial charge in [-0.25, -0.2) is 0 Å². The lowest BCUT2D eigenvalue weighted by atomic mass is 10.5. The van der Waals surface area contributed by atoms with E-state index >= 15 is 0 Å². The van der Waals surface area contributed by atoms with E-state index < -0.39 is 0 Å². The minimum atomic E-state index is 0.549. The molecule has 2 nitrogen and oxygen atoms in total. The molecule has 1 fully saturated rings. The molecule has 1 heterocycles. The van der Waals surface area contributed by atoms with Crippen molar-refractivity contribution >= 4 is 21.0 Å². The van der Waals surface area contributed by atoms with E-state index in [1.165, 1.54) is 5.75 Å². The summed E-state index contributed by atoms with van der Waals surface area (Å²) in [4.78, 5) is 2.44. The largest absolute Gasteiger partial charge is 0.286 e. The van der Waals surface area contributed by atoms with Gasteiger partial charge in [-0.05, 0) is 13.1 Å². The summed E-state index contributed by atoms with van der Waals surface area (Å²) in [7, 11) is 2.82. The first-order valence-corrected chi connectivity index (χ1v) is 5.86. The molecule has 0 spiro atoms. The van der Waals surface area contributed by atoms with Crippen LogP contribution in [0.25, 0.3) is 0 Å². The van der Waals surface area contributed by atoms with Crippen LogP contribution in [0.1, 0.15) is 13.8 Å². The van der Waals surface area contributed by atoms with Crippen LogP contribution in [0.3, 0.4) is 0 Å². The highest BCUT2D eigenvalue weighted by Gasteiger charge is 2.24. The third-order valence-electron chi connectivity index (χ3n) is 1.93. The van der Waals surface area contributed by atoms with Crippen molar-refractivity contribution in [2.45, 2.75) is 25.1 Å². The molecule has 1 saturated heterocycles. The molecule has 0 radical (unpaired) electrons. The van der Waals surface area contributed by atoms with Crippen molar-refractivity contribution in [2.75, 3.05) is 18.8 Å². The lowest BCUT2D eigenvalue weighted by Crippen LogP contribution is -2.41. The maximum atomic E-state index is 3.51. The van der Waals surface area contributed by atoms with E-state index in [9.17, 15) is 0 Å². The average molecular weight is 192 g/mol. The van der Waals surface area contributed by atoms with Crippen LogP contribution in [0.2, 0.25) is 0 Å². The Morgan fingerprint density at radius 1 is 1.55 bits per heavy atom. The van der Waals surface area contributed by atoms with Crippen LogP contribution in [0.4, 0.5) is 0 Å². The smallest absolute Gasteiger partial charge is 0.109 e. The second-order valence-electron chi connectivity index (χ2n) is 2.68. The SMILES string of the molecule is CCN(CC)C1NC(P)CS1. The third-order valence-corrected chi connectivity index (χ3v) is 4.01. The highest BCUT2D eigenvalue weighted by molar-refractivity contribution is 8.00. The molecule has 0 aromatic carbocycles. The van der Waals surface area contributed by atoms with Crippen molar-refractivity contribution < 1.29 is 0 Å². The van der Waals surface area contributed by atoms with Crippen molar-refractivity contribution in [3.8, 4) is 0 Å². The quantitative estimate of drug-likeness (QED) is 0.675. The Kier molecular flexibility index (Phi) is 4.14. The number of thioether (sulfide) groups is 1. The molecule has 0 aromatic heterocycles. The molecule has 0 amide bonds. The van der Waals surface area contributed by atoms with Gasteiger partial charge in [-0.3, -0.25) is 10.2 Å². The first-order chi connectivity index (χ1) is 5.27. The Labute approximate surface area is 75.7 Å². The predicted octanol–water partition coefficient (Wildman–Crippen LogP) is 1.15. The number of hydrogen-bond acceptors (Lipinski definition) is 3. The van der Waals surface area contributed by atoms with Gasteiger partial charge in [0.1, 0.15) is 5.50 Å². The lowest BCUT2D eigenvalue weighted by Gasteiger charge is -2.25. The highest BCUT2D eigenvalue weighted by Crippen LogP contribution is 2.24. The summed E-state index contributed by atoms with van der Waals surface area (Å²) in [6.07, 6.45) is 0. The monoisotopic (exact) mass is 192 g/mol. The number of hydrogen-bond donors (Lipinski definition) is 1. The molecule has 1 N–H and O–H groups in total. The third kappa shape index (κ3) is 2.59. The fourth-order valence-electron chi connectivity index (χ4n) is 1.24. The Bertz CT molecular complexity index is 119. The first-order valence-electron chi connectivity index (χ1n) is 4.15. The average Bonchev–Trinajstić information content (AvgIpc) is 2.39. The van der Waals surface area contributed by atoms with Crippen molar-refractivity contribution in [1.29, 1.82) is 0 Å². The molecule has 0 bridgehead atoms. The van der Waals surface area contributed by atoms with Crippen LogP contribution in [-0.4, -0.2) is 35.0 Å². The molecule has 3 atom stereocenters. The molecular formula is C7H17N2PS. The van der Waals surface area contributed by atoms with E-state index in [1.54, 1.807) is 0 Å². The molecule has 1 rings (SSSR count). The highest BCUT2D eigenvalue weighted by atomic mass is 32.2. The van der Waals surface area contributed by atoms with Crippen molar-refractivity contribution in [1.82, 2.24) is 10.2 Å². The molecule has 1 aliphatic heterocycles. The van der Waals surface area contributed by atoms with Crippen LogP contribution in [-0.2, 0) is 0 Å². The minimum absolute atomic E-state index is 0.549. The normalized spacial score (nSPS) is 31.6. The van der Waals surface area contributed by atoms with Crippen molar-refractivity contribution in [2.24, 2.45) is 0 Å². The molecule has 3 unspecified atom stereocenters. The summed E-state index contributed by atoms with van der Waals surface area (Å²) in [5, 5.41) is 3.51. The summed E-state index contributed by atoms with van der Waals surface area (Å²) >= 11 is 2.00. The van der Waals surface area contributed by atoms with Gasteiger partial charge in [-0.1, -0.05) is 13.8 Å². The predicted molar refractivity (Wildman–Crippen MR) is 55.8 cm³/mol. The minimum Gasteiger partial charge on any atom is -0.286 e. The van der Waals surface area contributed by atoms with Crippen molar-refractivity contribution in [3.63, 3.8) is 0 Å². The molecular weight excluding hydrogens is 175 g/mol. The second kappa shape index (κ2) is 4.66. The van der Waals surface area contributed by atoms with E-state index in [1.807, 2.05) is 11.8 Å². The van der Waals surface area contributed by atoms with Crippen molar-refractivity contribution in [3.05, 3.63) is 0 Å². The van der Waals surface area contributed by atoms with Gasteiger partial charge in [0.25, 0.3) is 0 Å². The summed E-state index contributed by atoms with van der Waals surface area (Å²) in [5.41, 5.74) is 0.549. The van der Waals surface area contributed by atoms with Gasteiger partial charge in [0.05, 0.1) is 0 Å². The van der Waals surface area contributed by atoms with Gasteiger partial charge in [-0.15, -0.1) is 21.0 Å². The first kappa shape index (κ1) is 9.79. The Morgan fingerprint density at radius 3 is 2.55 bits per heavy atom. The van der Waals surface area contributed by atoms with Gasteiger partial charge in [0.2, 0.25) is 0 Å². The zero-order chi connectivity index (χ0) is 8.27. The van der Waals surface area contributed by atoms with Crippen LogP contribution >= 0.6 is 21.0 Å². The zero-order valence-corrected chi connectivity index (χ0v) is 9.18. The van der Waals surface area contributed by atoms with Gasteiger partial charge < -0.3 is 0 Å². The summed E-state index contributed by atoms with van der Waals surface area (Å²) in [5.74, 6) is 1.82. The Morgan fingerprint density at radius 2 is 2.18 bits per heavy atom. The van der Waals surface area contributed by atoms with Gasteiger partial charge in [0.15, 0.2) is 0 Å². The van der Waals surface area contributed by atoms with E-state index in [0.717, 1.165) is 13.1 Å². The molecule has 4 heteroatoms. The van der Waals surface area contributed by atoms with E-state index in [-0.39, 0.29) is 0 Å². The molecule has 1 aliphatic rings. The maximum Gasteiger partial charge on any atom is 0.109 e. The molecule has 0 saturated carbocycles. The van der Waals surface area contributed by atoms with Crippen LogP contribution in [0.5, 0.6) is 0 Å². The zero-order valence-electron chi connectivity index (χ0n) is 7.21. The summed E-state index contributed by atoms with van der Waals surface area (Å²) in [6, 6.07) is 0. The fourth-order valence-corrected chi connectivity index (χ4v) is 3.16. The maximum absolute atomic E-state index is 3.51. The van der Waals surface area contributed by atoms with Crippen LogP contribution in [0, 0.1) is 0 Å².